The molecule has 0 radical (unpaired) electrons. The molecule has 0 aliphatic heterocycles. The number of fused-ring (bicyclic) bond motifs is 1. The standard InChI is InChI=1S/C18H18ClFN6O2/c19-8-5-10-11(7-23-15(10)22-6-8)16-25-14(21)13(20)17(26-16)24-12-4-2-1-3-9(12)18(27)28/h5-7,9,12H,1-4H2,(H,22,23)(H,27,28)(H3,21,24,25,26)/t9-,12-/m0/s1. The zero-order valence-electron chi connectivity index (χ0n) is 14.7. The molecule has 10 heteroatoms. The van der Waals surface area contributed by atoms with E-state index in [4.69, 9.17) is 17.3 Å². The first-order valence-electron chi connectivity index (χ1n) is 8.89. The number of nitrogens with zero attached hydrogens (tertiary/aromatic N) is 3. The molecular formula is C18H18ClFN6O2. The number of nitrogen functional groups attached to an aromatic ring is 1. The number of anilines is 2. The van der Waals surface area contributed by atoms with Gasteiger partial charge in [0, 0.05) is 29.4 Å². The van der Waals surface area contributed by atoms with Crippen LogP contribution in [0.4, 0.5) is 16.0 Å². The first kappa shape index (κ1) is 18.4. The number of carboxylic acid groups (broad SMARTS) is 1. The first-order valence-corrected chi connectivity index (χ1v) is 9.27. The summed E-state index contributed by atoms with van der Waals surface area (Å²) in [5.41, 5.74) is 6.92. The Labute approximate surface area is 164 Å². The van der Waals surface area contributed by atoms with E-state index in [9.17, 15) is 14.3 Å². The number of halogens is 2. The predicted molar refractivity (Wildman–Crippen MR) is 104 cm³/mol. The maximum atomic E-state index is 14.6. The number of carbonyl (C=O) groups is 1. The molecule has 0 aromatic carbocycles. The van der Waals surface area contributed by atoms with Gasteiger partial charge in [-0.15, -0.1) is 0 Å². The molecule has 0 saturated heterocycles. The Morgan fingerprint density at radius 1 is 1.36 bits per heavy atom. The van der Waals surface area contributed by atoms with Gasteiger partial charge in [0.2, 0.25) is 5.82 Å². The number of aromatic nitrogens is 4. The predicted octanol–water partition coefficient (Wildman–Crippen LogP) is 3.45. The van der Waals surface area contributed by atoms with Crippen molar-refractivity contribution >= 4 is 40.2 Å². The van der Waals surface area contributed by atoms with Crippen molar-refractivity contribution in [2.45, 2.75) is 31.7 Å². The zero-order chi connectivity index (χ0) is 19.8. The summed E-state index contributed by atoms with van der Waals surface area (Å²) in [6.07, 6.45) is 6.00. The first-order chi connectivity index (χ1) is 13.4. The van der Waals surface area contributed by atoms with Gasteiger partial charge in [-0.25, -0.2) is 15.0 Å². The van der Waals surface area contributed by atoms with Crippen LogP contribution in [0.5, 0.6) is 0 Å². The van der Waals surface area contributed by atoms with Crippen molar-refractivity contribution in [2.75, 3.05) is 11.1 Å². The Morgan fingerprint density at radius 2 is 2.14 bits per heavy atom. The molecule has 3 aromatic rings. The Bertz CT molecular complexity index is 1060. The van der Waals surface area contributed by atoms with Gasteiger partial charge in [0.15, 0.2) is 17.5 Å². The second-order valence-electron chi connectivity index (χ2n) is 6.83. The second-order valence-corrected chi connectivity index (χ2v) is 7.26. The monoisotopic (exact) mass is 404 g/mol. The summed E-state index contributed by atoms with van der Waals surface area (Å²) in [4.78, 5) is 27.0. The summed E-state index contributed by atoms with van der Waals surface area (Å²) in [6.45, 7) is 0. The van der Waals surface area contributed by atoms with Crippen LogP contribution in [0, 0.1) is 11.7 Å². The maximum Gasteiger partial charge on any atom is 0.308 e. The normalized spacial score (nSPS) is 19.6. The molecule has 146 valence electrons. The summed E-state index contributed by atoms with van der Waals surface area (Å²) in [5.74, 6) is -2.54. The van der Waals surface area contributed by atoms with E-state index in [1.165, 1.54) is 6.20 Å². The van der Waals surface area contributed by atoms with Crippen molar-refractivity contribution in [3.8, 4) is 11.4 Å². The number of H-pyrrole nitrogens is 1. The number of carboxylic acids is 1. The van der Waals surface area contributed by atoms with E-state index in [0.29, 0.717) is 34.5 Å². The van der Waals surface area contributed by atoms with Gasteiger partial charge in [-0.2, -0.15) is 4.39 Å². The fourth-order valence-electron chi connectivity index (χ4n) is 3.62. The quantitative estimate of drug-likeness (QED) is 0.523. The minimum Gasteiger partial charge on any atom is -0.481 e. The van der Waals surface area contributed by atoms with Crippen LogP contribution in [0.25, 0.3) is 22.4 Å². The molecule has 1 aliphatic rings. The third kappa shape index (κ3) is 3.33. The number of nitrogens with two attached hydrogens (primary N) is 1. The van der Waals surface area contributed by atoms with E-state index in [-0.39, 0.29) is 17.5 Å². The lowest BCUT2D eigenvalue weighted by Gasteiger charge is -2.29. The topological polar surface area (TPSA) is 130 Å². The maximum absolute atomic E-state index is 14.6. The molecule has 1 saturated carbocycles. The van der Waals surface area contributed by atoms with E-state index < -0.39 is 23.7 Å². The van der Waals surface area contributed by atoms with Crippen LogP contribution in [0.3, 0.4) is 0 Å². The Hall–Kier alpha value is -2.94. The average Bonchev–Trinajstić information content (AvgIpc) is 3.08. The number of nitrogens with one attached hydrogen (secondary N) is 2. The molecule has 28 heavy (non-hydrogen) atoms. The van der Waals surface area contributed by atoms with E-state index in [1.807, 2.05) is 0 Å². The number of pyridine rings is 1. The van der Waals surface area contributed by atoms with Crippen molar-refractivity contribution in [3.05, 3.63) is 29.3 Å². The molecule has 8 nitrogen and oxygen atoms in total. The van der Waals surface area contributed by atoms with E-state index >= 15 is 0 Å². The summed E-state index contributed by atoms with van der Waals surface area (Å²) in [6, 6.07) is 1.27. The van der Waals surface area contributed by atoms with Crippen LogP contribution in [0.15, 0.2) is 18.5 Å². The lowest BCUT2D eigenvalue weighted by molar-refractivity contribution is -0.143. The molecule has 0 unspecified atom stereocenters. The highest BCUT2D eigenvalue weighted by Gasteiger charge is 2.32. The fraction of sp³-hybridized carbons (Fsp3) is 0.333. The lowest BCUT2D eigenvalue weighted by atomic mass is 9.84. The molecule has 0 amide bonds. The third-order valence-electron chi connectivity index (χ3n) is 5.02. The van der Waals surface area contributed by atoms with Crippen molar-refractivity contribution in [2.24, 2.45) is 5.92 Å². The molecule has 0 bridgehead atoms. The number of rotatable bonds is 4. The Balaban J connectivity index is 1.74. The molecule has 1 fully saturated rings. The van der Waals surface area contributed by atoms with E-state index in [2.05, 4.69) is 25.3 Å². The molecule has 3 aromatic heterocycles. The van der Waals surface area contributed by atoms with Crippen LogP contribution in [-0.2, 0) is 4.79 Å². The van der Waals surface area contributed by atoms with Crippen LogP contribution >= 0.6 is 11.6 Å². The molecule has 0 spiro atoms. The van der Waals surface area contributed by atoms with Crippen molar-refractivity contribution < 1.29 is 14.3 Å². The van der Waals surface area contributed by atoms with Gasteiger partial charge in [-0.05, 0) is 18.9 Å². The minimum absolute atomic E-state index is 0.106. The highest BCUT2D eigenvalue weighted by molar-refractivity contribution is 6.31. The van der Waals surface area contributed by atoms with Crippen molar-refractivity contribution in [1.29, 1.82) is 0 Å². The van der Waals surface area contributed by atoms with Crippen LogP contribution in [-0.4, -0.2) is 37.1 Å². The summed E-state index contributed by atoms with van der Waals surface area (Å²) < 4.78 is 14.6. The van der Waals surface area contributed by atoms with Gasteiger partial charge < -0.3 is 21.1 Å². The highest BCUT2D eigenvalue weighted by Crippen LogP contribution is 2.32. The van der Waals surface area contributed by atoms with Gasteiger partial charge in [-0.1, -0.05) is 24.4 Å². The Morgan fingerprint density at radius 3 is 2.93 bits per heavy atom. The molecular weight excluding hydrogens is 387 g/mol. The van der Waals surface area contributed by atoms with Crippen LogP contribution in [0.2, 0.25) is 5.02 Å². The molecule has 2 atom stereocenters. The summed E-state index contributed by atoms with van der Waals surface area (Å²) >= 11 is 6.03. The Kier molecular flexibility index (Phi) is 4.76. The SMILES string of the molecule is Nc1nc(-c2c[nH]c3ncc(Cl)cc23)nc(N[C@H]2CCCC[C@@H]2C(=O)O)c1F. The van der Waals surface area contributed by atoms with Crippen LogP contribution in [0.1, 0.15) is 25.7 Å². The largest absolute Gasteiger partial charge is 0.481 e. The summed E-state index contributed by atoms with van der Waals surface area (Å²) in [7, 11) is 0. The van der Waals surface area contributed by atoms with E-state index in [1.54, 1.807) is 12.3 Å². The number of aliphatic carboxylic acids is 1. The third-order valence-corrected chi connectivity index (χ3v) is 5.23. The zero-order valence-corrected chi connectivity index (χ0v) is 15.5. The van der Waals surface area contributed by atoms with E-state index in [0.717, 1.165) is 12.8 Å². The smallest absolute Gasteiger partial charge is 0.308 e. The van der Waals surface area contributed by atoms with Gasteiger partial charge in [-0.3, -0.25) is 4.79 Å². The summed E-state index contributed by atoms with van der Waals surface area (Å²) in [5, 5.41) is 13.5. The second kappa shape index (κ2) is 7.23. The molecule has 4 rings (SSSR count). The number of aromatic amines is 1. The minimum atomic E-state index is -0.905. The van der Waals surface area contributed by atoms with Crippen molar-refractivity contribution in [3.63, 3.8) is 0 Å². The van der Waals surface area contributed by atoms with Gasteiger partial charge in [0.25, 0.3) is 0 Å². The highest BCUT2D eigenvalue weighted by atomic mass is 35.5. The van der Waals surface area contributed by atoms with Gasteiger partial charge in [0.1, 0.15) is 5.65 Å². The number of hydrogen-bond donors (Lipinski definition) is 4. The average molecular weight is 405 g/mol. The van der Waals surface area contributed by atoms with Crippen LogP contribution < -0.4 is 11.1 Å². The molecule has 3 heterocycles. The molecule has 1 aliphatic carbocycles. The number of hydrogen-bond acceptors (Lipinski definition) is 6. The molecule has 5 N–H and O–H groups in total. The fourth-order valence-corrected chi connectivity index (χ4v) is 3.78. The van der Waals surface area contributed by atoms with Gasteiger partial charge >= 0.3 is 5.97 Å². The lowest BCUT2D eigenvalue weighted by Crippen LogP contribution is -2.37. The van der Waals surface area contributed by atoms with Crippen molar-refractivity contribution in [1.82, 2.24) is 19.9 Å². The van der Waals surface area contributed by atoms with Gasteiger partial charge in [0.05, 0.1) is 10.9 Å².